The Balaban J connectivity index is 1.89. The molecule has 0 aliphatic heterocycles. The molecular weight excluding hydrogens is 366 g/mol. The maximum Gasteiger partial charge on any atom is 0.387 e. The lowest BCUT2D eigenvalue weighted by molar-refractivity contribution is -0.120. The van der Waals surface area contributed by atoms with Crippen molar-refractivity contribution in [3.05, 3.63) is 64.7 Å². The van der Waals surface area contributed by atoms with Crippen LogP contribution in [0.4, 0.5) is 8.78 Å². The van der Waals surface area contributed by atoms with Crippen molar-refractivity contribution in [2.45, 2.75) is 19.6 Å². The highest BCUT2D eigenvalue weighted by Gasteiger charge is 2.14. The molecule has 1 unspecified atom stereocenters. The molecule has 138 valence electrons. The number of benzene rings is 2. The van der Waals surface area contributed by atoms with Crippen molar-refractivity contribution in [3.8, 4) is 5.75 Å². The molecule has 2 N–H and O–H groups in total. The number of ether oxygens (including phenoxy) is 1. The quantitative estimate of drug-likeness (QED) is 0.769. The van der Waals surface area contributed by atoms with Crippen LogP contribution < -0.4 is 15.4 Å². The highest BCUT2D eigenvalue weighted by atomic mass is 35.5. The molecule has 0 radical (unpaired) electrons. The molecule has 2 aromatic carbocycles. The van der Waals surface area contributed by atoms with Crippen LogP contribution in [0, 0.1) is 0 Å². The van der Waals surface area contributed by atoms with Gasteiger partial charge in [-0.3, -0.25) is 9.59 Å². The molecule has 0 spiro atoms. The lowest BCUT2D eigenvalue weighted by Gasteiger charge is -2.16. The maximum absolute atomic E-state index is 12.2. The van der Waals surface area contributed by atoms with E-state index in [9.17, 15) is 18.4 Å². The van der Waals surface area contributed by atoms with Crippen molar-refractivity contribution in [2.75, 3.05) is 6.54 Å². The van der Waals surface area contributed by atoms with Crippen molar-refractivity contribution in [2.24, 2.45) is 0 Å². The van der Waals surface area contributed by atoms with Crippen LogP contribution in [-0.4, -0.2) is 25.0 Å². The number of carbonyl (C=O) groups excluding carboxylic acids is 2. The van der Waals surface area contributed by atoms with Crippen molar-refractivity contribution in [1.82, 2.24) is 10.6 Å². The van der Waals surface area contributed by atoms with Gasteiger partial charge in [-0.15, -0.1) is 0 Å². The van der Waals surface area contributed by atoms with E-state index in [4.69, 9.17) is 11.6 Å². The van der Waals surface area contributed by atoms with E-state index in [0.717, 1.165) is 5.56 Å². The minimum Gasteiger partial charge on any atom is -0.435 e. The van der Waals surface area contributed by atoms with E-state index in [1.54, 1.807) is 31.2 Å². The van der Waals surface area contributed by atoms with E-state index in [1.807, 2.05) is 0 Å². The standard InChI is InChI=1S/C18H17ClF2N2O3/c1-11(14-7-2-3-8-15(14)19)23-16(24)10-22-17(25)12-5-4-6-13(9-12)26-18(20)21/h2-9,11,18H,10H2,1H3,(H,22,25)(H,23,24). The molecule has 26 heavy (non-hydrogen) atoms. The van der Waals surface area contributed by atoms with Gasteiger partial charge in [-0.05, 0) is 36.8 Å². The van der Waals surface area contributed by atoms with E-state index in [-0.39, 0.29) is 23.9 Å². The van der Waals surface area contributed by atoms with Crippen molar-refractivity contribution < 1.29 is 23.1 Å². The molecule has 1 atom stereocenters. The van der Waals surface area contributed by atoms with Crippen LogP contribution in [0.3, 0.4) is 0 Å². The van der Waals surface area contributed by atoms with Crippen LogP contribution in [0.5, 0.6) is 5.75 Å². The number of amides is 2. The Bertz CT molecular complexity index is 787. The fourth-order valence-corrected chi connectivity index (χ4v) is 2.57. The van der Waals surface area contributed by atoms with Crippen LogP contribution in [0.2, 0.25) is 5.02 Å². The Hall–Kier alpha value is -2.67. The number of carbonyl (C=O) groups is 2. The number of hydrogen-bond acceptors (Lipinski definition) is 3. The molecule has 0 aromatic heterocycles. The summed E-state index contributed by atoms with van der Waals surface area (Å²) < 4.78 is 28.7. The predicted octanol–water partition coefficient (Wildman–Crippen LogP) is 3.55. The number of nitrogens with one attached hydrogen (secondary N) is 2. The highest BCUT2D eigenvalue weighted by molar-refractivity contribution is 6.31. The van der Waals surface area contributed by atoms with Crippen molar-refractivity contribution in [3.63, 3.8) is 0 Å². The summed E-state index contributed by atoms with van der Waals surface area (Å²) >= 11 is 6.07. The Kier molecular flexibility index (Phi) is 6.91. The SMILES string of the molecule is CC(NC(=O)CNC(=O)c1cccc(OC(F)F)c1)c1ccccc1Cl. The van der Waals surface area contributed by atoms with Gasteiger partial charge in [0.15, 0.2) is 0 Å². The first-order valence-corrected chi connectivity index (χ1v) is 8.11. The maximum atomic E-state index is 12.2. The lowest BCUT2D eigenvalue weighted by atomic mass is 10.1. The number of alkyl halides is 2. The smallest absolute Gasteiger partial charge is 0.387 e. The van der Waals surface area contributed by atoms with Crippen LogP contribution in [-0.2, 0) is 4.79 Å². The van der Waals surface area contributed by atoms with E-state index in [0.29, 0.717) is 5.02 Å². The first-order chi connectivity index (χ1) is 12.4. The van der Waals surface area contributed by atoms with Gasteiger partial charge in [-0.1, -0.05) is 35.9 Å². The van der Waals surface area contributed by atoms with E-state index < -0.39 is 18.4 Å². The second-order valence-electron chi connectivity index (χ2n) is 5.40. The van der Waals surface area contributed by atoms with E-state index in [2.05, 4.69) is 15.4 Å². The number of hydrogen-bond donors (Lipinski definition) is 2. The van der Waals surface area contributed by atoms with Gasteiger partial charge in [-0.25, -0.2) is 0 Å². The fourth-order valence-electron chi connectivity index (χ4n) is 2.27. The summed E-state index contributed by atoms with van der Waals surface area (Å²) in [4.78, 5) is 24.0. The second kappa shape index (κ2) is 9.15. The second-order valence-corrected chi connectivity index (χ2v) is 5.81. The Morgan fingerprint density at radius 3 is 2.58 bits per heavy atom. The molecule has 0 fully saturated rings. The summed E-state index contributed by atoms with van der Waals surface area (Å²) in [6.07, 6.45) is 0. The van der Waals surface area contributed by atoms with Gasteiger partial charge >= 0.3 is 6.61 Å². The molecule has 0 bridgehead atoms. The molecule has 2 amide bonds. The van der Waals surface area contributed by atoms with Crippen LogP contribution in [0.1, 0.15) is 28.9 Å². The molecule has 5 nitrogen and oxygen atoms in total. The first-order valence-electron chi connectivity index (χ1n) is 7.73. The van der Waals surface area contributed by atoms with Crippen molar-refractivity contribution in [1.29, 1.82) is 0 Å². The van der Waals surface area contributed by atoms with E-state index >= 15 is 0 Å². The summed E-state index contributed by atoms with van der Waals surface area (Å²) in [6, 6.07) is 12.1. The average molecular weight is 383 g/mol. The molecule has 0 aliphatic rings. The van der Waals surface area contributed by atoms with Gasteiger partial charge in [0.05, 0.1) is 12.6 Å². The summed E-state index contributed by atoms with van der Waals surface area (Å²) in [5.74, 6) is -1.12. The molecule has 0 aliphatic carbocycles. The van der Waals surface area contributed by atoms with Gasteiger partial charge in [0.25, 0.3) is 5.91 Å². The van der Waals surface area contributed by atoms with Crippen LogP contribution in [0.25, 0.3) is 0 Å². The van der Waals surface area contributed by atoms with Gasteiger partial charge in [0.2, 0.25) is 5.91 Å². The van der Waals surface area contributed by atoms with Crippen LogP contribution in [0.15, 0.2) is 48.5 Å². The zero-order valence-electron chi connectivity index (χ0n) is 13.8. The Morgan fingerprint density at radius 1 is 1.15 bits per heavy atom. The monoisotopic (exact) mass is 382 g/mol. The molecule has 0 heterocycles. The van der Waals surface area contributed by atoms with Gasteiger partial charge in [-0.2, -0.15) is 8.78 Å². The summed E-state index contributed by atoms with van der Waals surface area (Å²) in [6.45, 7) is -1.48. The topological polar surface area (TPSA) is 67.4 Å². The normalized spacial score (nSPS) is 11.7. The van der Waals surface area contributed by atoms with Crippen molar-refractivity contribution >= 4 is 23.4 Å². The predicted molar refractivity (Wildman–Crippen MR) is 93.4 cm³/mol. The number of rotatable bonds is 7. The summed E-state index contributed by atoms with van der Waals surface area (Å²) in [5.41, 5.74) is 0.862. The fraction of sp³-hybridized carbons (Fsp3) is 0.222. The summed E-state index contributed by atoms with van der Waals surface area (Å²) in [7, 11) is 0. The largest absolute Gasteiger partial charge is 0.435 e. The minimum absolute atomic E-state index is 0.107. The third kappa shape index (κ3) is 5.70. The van der Waals surface area contributed by atoms with Gasteiger partial charge in [0.1, 0.15) is 5.75 Å². The number of halogens is 3. The molecule has 0 saturated heterocycles. The molecular formula is C18H17ClF2N2O3. The van der Waals surface area contributed by atoms with Crippen LogP contribution >= 0.6 is 11.6 Å². The molecule has 0 saturated carbocycles. The third-order valence-electron chi connectivity index (χ3n) is 3.48. The average Bonchev–Trinajstić information content (AvgIpc) is 2.59. The molecule has 2 aromatic rings. The highest BCUT2D eigenvalue weighted by Crippen LogP contribution is 2.22. The summed E-state index contributed by atoms with van der Waals surface area (Å²) in [5, 5.41) is 5.67. The minimum atomic E-state index is -2.98. The lowest BCUT2D eigenvalue weighted by Crippen LogP contribution is -2.38. The van der Waals surface area contributed by atoms with Gasteiger partial charge < -0.3 is 15.4 Å². The zero-order valence-corrected chi connectivity index (χ0v) is 14.6. The molecule has 8 heteroatoms. The Morgan fingerprint density at radius 2 is 1.88 bits per heavy atom. The molecule has 2 rings (SSSR count). The van der Waals surface area contributed by atoms with E-state index in [1.165, 1.54) is 24.3 Å². The first kappa shape index (κ1) is 19.7. The zero-order chi connectivity index (χ0) is 19.1. The van der Waals surface area contributed by atoms with Gasteiger partial charge in [0, 0.05) is 10.6 Å². The third-order valence-corrected chi connectivity index (χ3v) is 3.82. The Labute approximate surface area is 154 Å².